The van der Waals surface area contributed by atoms with Crippen LogP contribution in [0, 0.1) is 0 Å². The molecule has 4 nitrogen and oxygen atoms in total. The Labute approximate surface area is 98.9 Å². The van der Waals surface area contributed by atoms with Crippen LogP contribution in [0.4, 0.5) is 5.69 Å². The number of thiophene rings is 1. The zero-order valence-electron chi connectivity index (χ0n) is 9.43. The Bertz CT molecular complexity index is 407. The van der Waals surface area contributed by atoms with Crippen molar-refractivity contribution in [3.63, 3.8) is 0 Å². The van der Waals surface area contributed by atoms with Gasteiger partial charge in [0.25, 0.3) is 0 Å². The van der Waals surface area contributed by atoms with Gasteiger partial charge in [0.15, 0.2) is 5.06 Å². The number of nitrogens with zero attached hydrogens (tertiary/aromatic N) is 2. The van der Waals surface area contributed by atoms with Gasteiger partial charge in [0.05, 0.1) is 19.0 Å². The van der Waals surface area contributed by atoms with Crippen LogP contribution >= 0.6 is 11.3 Å². The molecule has 2 rings (SSSR count). The van der Waals surface area contributed by atoms with Crippen LogP contribution in [0.1, 0.15) is 11.8 Å². The summed E-state index contributed by atoms with van der Waals surface area (Å²) in [6.45, 7) is 3.78. The van der Waals surface area contributed by atoms with Gasteiger partial charge in [-0.05, 0) is 19.1 Å². The Morgan fingerprint density at radius 3 is 3.00 bits per heavy atom. The SMILES string of the molecule is CCn1cc(NCc2ccc(OC)s2)cn1. The maximum Gasteiger partial charge on any atom is 0.173 e. The van der Waals surface area contributed by atoms with Crippen molar-refractivity contribution in [3.05, 3.63) is 29.4 Å². The fourth-order valence-electron chi connectivity index (χ4n) is 1.38. The van der Waals surface area contributed by atoms with Crippen LogP contribution in [0.25, 0.3) is 0 Å². The number of hydrogen-bond donors (Lipinski definition) is 1. The minimum absolute atomic E-state index is 0.809. The van der Waals surface area contributed by atoms with Gasteiger partial charge in [-0.1, -0.05) is 0 Å². The normalized spacial score (nSPS) is 10.4. The topological polar surface area (TPSA) is 39.1 Å². The summed E-state index contributed by atoms with van der Waals surface area (Å²) in [7, 11) is 1.69. The van der Waals surface area contributed by atoms with E-state index in [1.165, 1.54) is 4.88 Å². The largest absolute Gasteiger partial charge is 0.487 e. The lowest BCUT2D eigenvalue weighted by Gasteiger charge is -1.99. The first-order valence-corrected chi connectivity index (χ1v) is 6.02. The monoisotopic (exact) mass is 237 g/mol. The second-order valence-corrected chi connectivity index (χ2v) is 4.49. The van der Waals surface area contributed by atoms with Crippen LogP contribution < -0.4 is 10.1 Å². The first-order chi connectivity index (χ1) is 7.81. The molecular weight excluding hydrogens is 222 g/mol. The molecule has 2 aromatic heterocycles. The average molecular weight is 237 g/mol. The predicted molar refractivity (Wildman–Crippen MR) is 66.1 cm³/mol. The van der Waals surface area contributed by atoms with E-state index in [9.17, 15) is 0 Å². The molecule has 2 aromatic rings. The first kappa shape index (κ1) is 11.0. The van der Waals surface area contributed by atoms with Gasteiger partial charge in [0.2, 0.25) is 0 Å². The number of anilines is 1. The smallest absolute Gasteiger partial charge is 0.173 e. The van der Waals surface area contributed by atoms with Gasteiger partial charge in [-0.15, -0.1) is 11.3 Å². The molecule has 0 radical (unpaired) electrons. The van der Waals surface area contributed by atoms with Crippen molar-refractivity contribution in [3.8, 4) is 5.06 Å². The molecule has 0 aliphatic rings. The summed E-state index contributed by atoms with van der Waals surface area (Å²) in [4.78, 5) is 1.25. The third kappa shape index (κ3) is 2.55. The molecule has 0 aliphatic heterocycles. The van der Waals surface area contributed by atoms with E-state index in [2.05, 4.69) is 23.4 Å². The van der Waals surface area contributed by atoms with Crippen molar-refractivity contribution in [1.82, 2.24) is 9.78 Å². The lowest BCUT2D eigenvalue weighted by atomic mass is 10.4. The van der Waals surface area contributed by atoms with Crippen LogP contribution in [-0.2, 0) is 13.1 Å². The van der Waals surface area contributed by atoms with E-state index in [1.807, 2.05) is 23.1 Å². The van der Waals surface area contributed by atoms with Crippen LogP contribution in [0.2, 0.25) is 0 Å². The van der Waals surface area contributed by atoms with Gasteiger partial charge in [-0.3, -0.25) is 4.68 Å². The van der Waals surface area contributed by atoms with Crippen molar-refractivity contribution < 1.29 is 4.74 Å². The molecule has 0 atom stereocenters. The highest BCUT2D eigenvalue weighted by Crippen LogP contribution is 2.24. The third-order valence-corrected chi connectivity index (χ3v) is 3.31. The fourth-order valence-corrected chi connectivity index (χ4v) is 2.14. The molecule has 0 spiro atoms. The quantitative estimate of drug-likeness (QED) is 0.868. The molecule has 0 aliphatic carbocycles. The Morgan fingerprint density at radius 1 is 1.50 bits per heavy atom. The molecular formula is C11H15N3OS. The molecule has 5 heteroatoms. The van der Waals surface area contributed by atoms with Crippen molar-refractivity contribution >= 4 is 17.0 Å². The summed E-state index contributed by atoms with van der Waals surface area (Å²) in [5.74, 6) is 0. The summed E-state index contributed by atoms with van der Waals surface area (Å²) < 4.78 is 7.04. The number of hydrogen-bond acceptors (Lipinski definition) is 4. The molecule has 0 amide bonds. The molecule has 0 bridgehead atoms. The third-order valence-electron chi connectivity index (χ3n) is 2.26. The molecule has 16 heavy (non-hydrogen) atoms. The average Bonchev–Trinajstić information content (AvgIpc) is 2.95. The predicted octanol–water partition coefficient (Wildman–Crippen LogP) is 2.59. The van der Waals surface area contributed by atoms with Gasteiger partial charge in [0, 0.05) is 24.2 Å². The highest BCUT2D eigenvalue weighted by atomic mass is 32.1. The number of ether oxygens (including phenoxy) is 1. The van der Waals surface area contributed by atoms with Crippen LogP contribution in [0.3, 0.4) is 0 Å². The van der Waals surface area contributed by atoms with Crippen LogP contribution in [-0.4, -0.2) is 16.9 Å². The Kier molecular flexibility index (Phi) is 3.46. The van der Waals surface area contributed by atoms with Crippen molar-refractivity contribution in [2.24, 2.45) is 0 Å². The number of rotatable bonds is 5. The molecule has 0 saturated heterocycles. The van der Waals surface area contributed by atoms with Crippen molar-refractivity contribution in [1.29, 1.82) is 0 Å². The van der Waals surface area contributed by atoms with Gasteiger partial charge >= 0.3 is 0 Å². The zero-order chi connectivity index (χ0) is 11.4. The lowest BCUT2D eigenvalue weighted by molar-refractivity contribution is 0.427. The minimum atomic E-state index is 0.809. The van der Waals surface area contributed by atoms with Gasteiger partial charge in [0.1, 0.15) is 0 Å². The summed E-state index contributed by atoms with van der Waals surface area (Å²) >= 11 is 1.65. The molecule has 1 N–H and O–H groups in total. The van der Waals surface area contributed by atoms with E-state index < -0.39 is 0 Å². The van der Waals surface area contributed by atoms with E-state index in [4.69, 9.17) is 4.74 Å². The minimum Gasteiger partial charge on any atom is -0.487 e. The second kappa shape index (κ2) is 5.03. The summed E-state index contributed by atoms with van der Waals surface area (Å²) in [6, 6.07) is 4.05. The Hall–Kier alpha value is -1.49. The van der Waals surface area contributed by atoms with Crippen LogP contribution in [0.15, 0.2) is 24.5 Å². The van der Waals surface area contributed by atoms with Crippen LogP contribution in [0.5, 0.6) is 5.06 Å². The molecule has 86 valence electrons. The van der Waals surface area contributed by atoms with Crippen molar-refractivity contribution in [2.75, 3.05) is 12.4 Å². The molecule has 0 unspecified atom stereocenters. The molecule has 0 aromatic carbocycles. The molecule has 0 fully saturated rings. The van der Waals surface area contributed by atoms with E-state index in [0.29, 0.717) is 0 Å². The van der Waals surface area contributed by atoms with Gasteiger partial charge < -0.3 is 10.1 Å². The maximum absolute atomic E-state index is 5.14. The first-order valence-electron chi connectivity index (χ1n) is 5.21. The summed E-state index contributed by atoms with van der Waals surface area (Å²) in [5, 5.41) is 8.47. The van der Waals surface area contributed by atoms with E-state index in [-0.39, 0.29) is 0 Å². The highest BCUT2D eigenvalue weighted by Gasteiger charge is 2.01. The highest BCUT2D eigenvalue weighted by molar-refractivity contribution is 7.13. The Morgan fingerprint density at radius 2 is 2.38 bits per heavy atom. The summed E-state index contributed by atoms with van der Waals surface area (Å²) in [5.41, 5.74) is 1.05. The number of aryl methyl sites for hydroxylation is 1. The fraction of sp³-hybridized carbons (Fsp3) is 0.364. The van der Waals surface area contributed by atoms with Gasteiger partial charge in [-0.2, -0.15) is 5.10 Å². The number of nitrogens with one attached hydrogen (secondary N) is 1. The zero-order valence-corrected chi connectivity index (χ0v) is 10.3. The van der Waals surface area contributed by atoms with Gasteiger partial charge in [-0.25, -0.2) is 0 Å². The molecule has 2 heterocycles. The van der Waals surface area contributed by atoms with E-state index >= 15 is 0 Å². The number of aromatic nitrogens is 2. The lowest BCUT2D eigenvalue weighted by Crippen LogP contribution is -1.96. The summed E-state index contributed by atoms with van der Waals surface area (Å²) in [6.07, 6.45) is 3.85. The second-order valence-electron chi connectivity index (χ2n) is 3.36. The van der Waals surface area contributed by atoms with Crippen molar-refractivity contribution in [2.45, 2.75) is 20.0 Å². The maximum atomic E-state index is 5.14. The Balaban J connectivity index is 1.91. The van der Waals surface area contributed by atoms with E-state index in [0.717, 1.165) is 23.8 Å². The standard InChI is InChI=1S/C11H15N3OS/c1-3-14-8-9(6-13-14)12-7-10-4-5-11(15-2)16-10/h4-6,8,12H,3,7H2,1-2H3. The molecule has 0 saturated carbocycles. The number of methoxy groups -OCH3 is 1. The van der Waals surface area contributed by atoms with E-state index in [1.54, 1.807) is 18.4 Å².